The highest BCUT2D eigenvalue weighted by Gasteiger charge is 2.09. The molecule has 1 saturated heterocycles. The highest BCUT2D eigenvalue weighted by Crippen LogP contribution is 2.14. The summed E-state index contributed by atoms with van der Waals surface area (Å²) in [5, 5.41) is 6.80. The second-order valence-electron chi connectivity index (χ2n) is 7.27. The standard InChI is InChI=1S/C22H38N4O/c1-3-27-16-9-6-13-24-22(23-2)25-18-20-11-10-12-21(17-20)19-26-14-7-4-5-8-15-26/h10-12,17H,3-9,13-16,18-19H2,1-2H3,(H2,23,24,25). The van der Waals surface area contributed by atoms with E-state index in [0.717, 1.165) is 51.6 Å². The molecule has 0 radical (unpaired) electrons. The molecule has 5 heteroatoms. The minimum absolute atomic E-state index is 0.798. The molecule has 0 aromatic heterocycles. The van der Waals surface area contributed by atoms with Crippen LogP contribution < -0.4 is 10.6 Å². The molecule has 0 bridgehead atoms. The van der Waals surface area contributed by atoms with Gasteiger partial charge < -0.3 is 15.4 Å². The van der Waals surface area contributed by atoms with E-state index in [4.69, 9.17) is 4.74 Å². The van der Waals surface area contributed by atoms with Gasteiger partial charge in [0.2, 0.25) is 0 Å². The van der Waals surface area contributed by atoms with Gasteiger partial charge in [-0.1, -0.05) is 37.1 Å². The normalized spacial score (nSPS) is 16.1. The van der Waals surface area contributed by atoms with Gasteiger partial charge in [-0.3, -0.25) is 9.89 Å². The van der Waals surface area contributed by atoms with Crippen LogP contribution in [0.2, 0.25) is 0 Å². The number of nitrogens with zero attached hydrogens (tertiary/aromatic N) is 2. The van der Waals surface area contributed by atoms with E-state index in [-0.39, 0.29) is 0 Å². The Labute approximate surface area is 165 Å². The van der Waals surface area contributed by atoms with Crippen LogP contribution in [0.25, 0.3) is 0 Å². The Morgan fingerprint density at radius 3 is 2.59 bits per heavy atom. The van der Waals surface area contributed by atoms with Crippen molar-refractivity contribution >= 4 is 5.96 Å². The van der Waals surface area contributed by atoms with Gasteiger partial charge in [0, 0.05) is 39.9 Å². The second-order valence-corrected chi connectivity index (χ2v) is 7.27. The first-order valence-corrected chi connectivity index (χ1v) is 10.6. The van der Waals surface area contributed by atoms with Gasteiger partial charge in [0.15, 0.2) is 5.96 Å². The predicted octanol–water partition coefficient (Wildman–Crippen LogP) is 3.54. The summed E-state index contributed by atoms with van der Waals surface area (Å²) in [5.74, 6) is 0.865. The van der Waals surface area contributed by atoms with Crippen molar-refractivity contribution in [3.8, 4) is 0 Å². The molecule has 0 amide bonds. The molecule has 1 aromatic carbocycles. The van der Waals surface area contributed by atoms with Gasteiger partial charge in [-0.15, -0.1) is 0 Å². The molecule has 0 saturated carbocycles. The molecule has 1 aliphatic rings. The molecule has 0 aliphatic carbocycles. The summed E-state index contributed by atoms with van der Waals surface area (Å²) in [6, 6.07) is 8.94. The van der Waals surface area contributed by atoms with Gasteiger partial charge in [0.25, 0.3) is 0 Å². The van der Waals surface area contributed by atoms with Gasteiger partial charge >= 0.3 is 0 Å². The van der Waals surface area contributed by atoms with Gasteiger partial charge in [-0.05, 0) is 56.8 Å². The Bertz CT molecular complexity index is 539. The Morgan fingerprint density at radius 2 is 1.85 bits per heavy atom. The average Bonchev–Trinajstić information content (AvgIpc) is 2.96. The monoisotopic (exact) mass is 374 g/mol. The Kier molecular flexibility index (Phi) is 10.9. The molecule has 152 valence electrons. The number of nitrogens with one attached hydrogen (secondary N) is 2. The molecule has 1 fully saturated rings. The van der Waals surface area contributed by atoms with Crippen molar-refractivity contribution < 1.29 is 4.74 Å². The van der Waals surface area contributed by atoms with Crippen molar-refractivity contribution in [2.75, 3.05) is 39.9 Å². The second kappa shape index (κ2) is 13.6. The summed E-state index contributed by atoms with van der Waals surface area (Å²) in [6.45, 7) is 8.94. The zero-order chi connectivity index (χ0) is 19.2. The fraction of sp³-hybridized carbons (Fsp3) is 0.682. The Balaban J connectivity index is 1.72. The van der Waals surface area contributed by atoms with Crippen molar-refractivity contribution in [2.45, 2.75) is 58.5 Å². The van der Waals surface area contributed by atoms with E-state index < -0.39 is 0 Å². The van der Waals surface area contributed by atoms with Crippen LogP contribution in [0.4, 0.5) is 0 Å². The van der Waals surface area contributed by atoms with E-state index in [1.165, 1.54) is 49.9 Å². The molecular formula is C22H38N4O. The van der Waals surface area contributed by atoms with Crippen LogP contribution in [0, 0.1) is 0 Å². The first kappa shape index (κ1) is 21.7. The molecule has 2 rings (SSSR count). The topological polar surface area (TPSA) is 48.9 Å². The number of hydrogen-bond donors (Lipinski definition) is 2. The number of hydrogen-bond acceptors (Lipinski definition) is 3. The smallest absolute Gasteiger partial charge is 0.191 e. The lowest BCUT2D eigenvalue weighted by molar-refractivity contribution is 0.143. The minimum atomic E-state index is 0.798. The van der Waals surface area contributed by atoms with Gasteiger partial charge in [-0.25, -0.2) is 0 Å². The zero-order valence-electron chi connectivity index (χ0n) is 17.3. The lowest BCUT2D eigenvalue weighted by atomic mass is 10.1. The van der Waals surface area contributed by atoms with Crippen LogP contribution in [0.3, 0.4) is 0 Å². The van der Waals surface area contributed by atoms with E-state index >= 15 is 0 Å². The molecule has 1 aromatic rings. The number of aliphatic imine (C=N–C) groups is 1. The fourth-order valence-electron chi connectivity index (χ4n) is 3.48. The van der Waals surface area contributed by atoms with Crippen LogP contribution in [-0.2, 0) is 17.8 Å². The molecule has 5 nitrogen and oxygen atoms in total. The predicted molar refractivity (Wildman–Crippen MR) is 114 cm³/mol. The SMILES string of the molecule is CCOCCCCNC(=NC)NCc1cccc(CN2CCCCCC2)c1. The maximum Gasteiger partial charge on any atom is 0.191 e. The highest BCUT2D eigenvalue weighted by molar-refractivity contribution is 5.79. The Hall–Kier alpha value is -1.59. The number of ether oxygens (including phenoxy) is 1. The van der Waals surface area contributed by atoms with Crippen molar-refractivity contribution in [1.29, 1.82) is 0 Å². The van der Waals surface area contributed by atoms with E-state index in [1.807, 2.05) is 14.0 Å². The lowest BCUT2D eigenvalue weighted by Gasteiger charge is -2.20. The van der Waals surface area contributed by atoms with E-state index in [1.54, 1.807) is 0 Å². The third-order valence-electron chi connectivity index (χ3n) is 4.99. The van der Waals surface area contributed by atoms with E-state index in [2.05, 4.69) is 44.8 Å². The largest absolute Gasteiger partial charge is 0.382 e. The number of guanidine groups is 1. The van der Waals surface area contributed by atoms with Crippen LogP contribution in [0.15, 0.2) is 29.3 Å². The third kappa shape index (κ3) is 9.25. The minimum Gasteiger partial charge on any atom is -0.382 e. The molecule has 0 spiro atoms. The van der Waals surface area contributed by atoms with Crippen LogP contribution in [0.1, 0.15) is 56.6 Å². The van der Waals surface area contributed by atoms with Gasteiger partial charge in [0.1, 0.15) is 0 Å². The number of unbranched alkanes of at least 4 members (excludes halogenated alkanes) is 1. The number of rotatable bonds is 10. The first-order chi connectivity index (χ1) is 13.3. The van der Waals surface area contributed by atoms with Crippen LogP contribution in [-0.4, -0.2) is 50.8 Å². The first-order valence-electron chi connectivity index (χ1n) is 10.6. The quantitative estimate of drug-likeness (QED) is 0.374. The molecule has 1 aliphatic heterocycles. The summed E-state index contributed by atoms with van der Waals surface area (Å²) < 4.78 is 5.37. The summed E-state index contributed by atoms with van der Waals surface area (Å²) in [5.41, 5.74) is 2.72. The molecule has 0 atom stereocenters. The summed E-state index contributed by atoms with van der Waals surface area (Å²) in [7, 11) is 1.82. The third-order valence-corrected chi connectivity index (χ3v) is 4.99. The number of benzene rings is 1. The van der Waals surface area contributed by atoms with Gasteiger partial charge in [0.05, 0.1) is 0 Å². The lowest BCUT2D eigenvalue weighted by Crippen LogP contribution is -2.37. The van der Waals surface area contributed by atoms with Crippen molar-refractivity contribution in [3.05, 3.63) is 35.4 Å². The maximum absolute atomic E-state index is 5.37. The number of likely N-dealkylation sites (tertiary alicyclic amines) is 1. The van der Waals surface area contributed by atoms with Crippen molar-refractivity contribution in [2.24, 2.45) is 4.99 Å². The molecule has 0 unspecified atom stereocenters. The zero-order valence-corrected chi connectivity index (χ0v) is 17.3. The van der Waals surface area contributed by atoms with Gasteiger partial charge in [-0.2, -0.15) is 0 Å². The Morgan fingerprint density at radius 1 is 1.07 bits per heavy atom. The summed E-state index contributed by atoms with van der Waals surface area (Å²) in [4.78, 5) is 6.92. The van der Waals surface area contributed by atoms with Crippen LogP contribution in [0.5, 0.6) is 0 Å². The van der Waals surface area contributed by atoms with E-state index in [0.29, 0.717) is 0 Å². The molecule has 2 N–H and O–H groups in total. The molecule has 27 heavy (non-hydrogen) atoms. The van der Waals surface area contributed by atoms with Crippen molar-refractivity contribution in [3.63, 3.8) is 0 Å². The summed E-state index contributed by atoms with van der Waals surface area (Å²) in [6.07, 6.45) is 7.63. The maximum atomic E-state index is 5.37. The van der Waals surface area contributed by atoms with Crippen LogP contribution >= 0.6 is 0 Å². The molecular weight excluding hydrogens is 336 g/mol. The van der Waals surface area contributed by atoms with E-state index in [9.17, 15) is 0 Å². The summed E-state index contributed by atoms with van der Waals surface area (Å²) >= 11 is 0. The average molecular weight is 375 g/mol. The highest BCUT2D eigenvalue weighted by atomic mass is 16.5. The fourth-order valence-corrected chi connectivity index (χ4v) is 3.48. The molecule has 1 heterocycles. The van der Waals surface area contributed by atoms with Crippen molar-refractivity contribution in [1.82, 2.24) is 15.5 Å².